The van der Waals surface area contributed by atoms with E-state index in [1.807, 2.05) is 0 Å². The quantitative estimate of drug-likeness (QED) is 0.610. The van der Waals surface area contributed by atoms with Crippen molar-refractivity contribution in [3.05, 3.63) is 65.2 Å². The molecule has 102 valence electrons. The van der Waals surface area contributed by atoms with Crippen LogP contribution in [0.1, 0.15) is 11.1 Å². The Morgan fingerprint density at radius 1 is 1.05 bits per heavy atom. The zero-order valence-electron chi connectivity index (χ0n) is 10.5. The van der Waals surface area contributed by atoms with Gasteiger partial charge in [0, 0.05) is 11.6 Å². The third kappa shape index (κ3) is 4.25. The molecule has 0 heterocycles. The van der Waals surface area contributed by atoms with Crippen LogP contribution in [0.15, 0.2) is 42.5 Å². The summed E-state index contributed by atoms with van der Waals surface area (Å²) < 4.78 is 31.9. The first-order chi connectivity index (χ1) is 9.67. The molecule has 0 radical (unpaired) electrons. The van der Waals surface area contributed by atoms with Crippen LogP contribution in [0.5, 0.6) is 5.75 Å². The van der Waals surface area contributed by atoms with E-state index in [1.165, 1.54) is 24.3 Å². The Kier molecular flexibility index (Phi) is 4.97. The minimum absolute atomic E-state index is 0.156. The molecule has 0 bridgehead atoms. The van der Waals surface area contributed by atoms with Crippen LogP contribution in [0.3, 0.4) is 0 Å². The van der Waals surface area contributed by atoms with Gasteiger partial charge in [0.05, 0.1) is 5.88 Å². The van der Waals surface area contributed by atoms with Crippen molar-refractivity contribution < 1.29 is 13.5 Å². The molecule has 0 aliphatic carbocycles. The molecule has 0 unspecified atom stereocenters. The van der Waals surface area contributed by atoms with Gasteiger partial charge < -0.3 is 4.74 Å². The number of alkyl halides is 1. The Hall–Kier alpha value is -2.05. The first kappa shape index (κ1) is 14.4. The van der Waals surface area contributed by atoms with Gasteiger partial charge in [0.1, 0.15) is 24.0 Å². The molecule has 0 aromatic heterocycles. The van der Waals surface area contributed by atoms with E-state index >= 15 is 0 Å². The van der Waals surface area contributed by atoms with Gasteiger partial charge in [-0.15, -0.1) is 11.6 Å². The lowest BCUT2D eigenvalue weighted by atomic mass is 10.2. The fourth-order valence-corrected chi connectivity index (χ4v) is 1.71. The summed E-state index contributed by atoms with van der Waals surface area (Å²) >= 11 is 5.45. The molecular formula is C16H11ClF2O. The molecule has 0 aliphatic rings. The molecule has 1 nitrogen and oxygen atoms in total. The highest BCUT2D eigenvalue weighted by atomic mass is 35.5. The lowest BCUT2D eigenvalue weighted by Gasteiger charge is -2.07. The lowest BCUT2D eigenvalue weighted by Crippen LogP contribution is -1.97. The van der Waals surface area contributed by atoms with Crippen molar-refractivity contribution in [2.75, 3.05) is 5.88 Å². The average Bonchev–Trinajstić information content (AvgIpc) is 2.42. The number of halogens is 3. The van der Waals surface area contributed by atoms with Crippen molar-refractivity contribution in [1.29, 1.82) is 0 Å². The Morgan fingerprint density at radius 2 is 1.90 bits per heavy atom. The molecule has 0 aliphatic heterocycles. The van der Waals surface area contributed by atoms with Gasteiger partial charge in [0.2, 0.25) is 0 Å². The topological polar surface area (TPSA) is 9.23 Å². The normalized spacial score (nSPS) is 9.75. The van der Waals surface area contributed by atoms with Crippen LogP contribution in [0.4, 0.5) is 8.78 Å². The van der Waals surface area contributed by atoms with Gasteiger partial charge in [-0.05, 0) is 29.8 Å². The van der Waals surface area contributed by atoms with Crippen LogP contribution in [0.2, 0.25) is 0 Å². The maximum Gasteiger partial charge on any atom is 0.128 e. The molecule has 4 heteroatoms. The summed E-state index contributed by atoms with van der Waals surface area (Å²) in [4.78, 5) is 0. The van der Waals surface area contributed by atoms with Crippen molar-refractivity contribution in [2.45, 2.75) is 6.61 Å². The van der Waals surface area contributed by atoms with E-state index in [0.29, 0.717) is 16.9 Å². The Balaban J connectivity index is 2.11. The molecule has 20 heavy (non-hydrogen) atoms. The molecule has 2 aromatic rings. The predicted octanol–water partition coefficient (Wildman–Crippen LogP) is 4.13. The standard InChI is InChI=1S/C16H11ClF2O/c17-6-2-4-12-7-15(19)10-16(9-12)20-11-13-3-1-5-14(18)8-13/h1,3,5,7-10H,6,11H2. The maximum absolute atomic E-state index is 13.4. The van der Waals surface area contributed by atoms with Gasteiger partial charge in [-0.1, -0.05) is 24.0 Å². The second-order valence-electron chi connectivity index (χ2n) is 4.03. The predicted molar refractivity (Wildman–Crippen MR) is 74.7 cm³/mol. The van der Waals surface area contributed by atoms with Crippen LogP contribution in [-0.2, 0) is 6.61 Å². The third-order valence-corrected chi connectivity index (χ3v) is 2.60. The minimum atomic E-state index is -0.444. The van der Waals surface area contributed by atoms with Crippen molar-refractivity contribution >= 4 is 11.6 Å². The van der Waals surface area contributed by atoms with E-state index in [1.54, 1.807) is 18.2 Å². The molecule has 0 saturated heterocycles. The van der Waals surface area contributed by atoms with Crippen molar-refractivity contribution in [1.82, 2.24) is 0 Å². The minimum Gasteiger partial charge on any atom is -0.489 e. The SMILES string of the molecule is Fc1cccc(COc2cc(F)cc(C#CCCl)c2)c1. The van der Waals surface area contributed by atoms with Crippen molar-refractivity contribution in [2.24, 2.45) is 0 Å². The van der Waals surface area contributed by atoms with E-state index in [4.69, 9.17) is 16.3 Å². The smallest absolute Gasteiger partial charge is 0.128 e. The molecule has 2 rings (SSSR count). The molecule has 2 aromatic carbocycles. The Morgan fingerprint density at radius 3 is 2.65 bits per heavy atom. The molecule has 0 atom stereocenters. The van der Waals surface area contributed by atoms with Gasteiger partial charge in [0.25, 0.3) is 0 Å². The molecular weight excluding hydrogens is 282 g/mol. The molecule has 0 fully saturated rings. The summed E-state index contributed by atoms with van der Waals surface area (Å²) in [6.45, 7) is 0.156. The van der Waals surface area contributed by atoms with E-state index in [-0.39, 0.29) is 18.3 Å². The number of hydrogen-bond acceptors (Lipinski definition) is 1. The van der Waals surface area contributed by atoms with Crippen molar-refractivity contribution in [3.63, 3.8) is 0 Å². The Labute approximate surface area is 121 Å². The maximum atomic E-state index is 13.4. The third-order valence-electron chi connectivity index (χ3n) is 2.47. The zero-order valence-corrected chi connectivity index (χ0v) is 11.3. The summed E-state index contributed by atoms with van der Waals surface area (Å²) in [5.41, 5.74) is 1.16. The van der Waals surface area contributed by atoms with Crippen LogP contribution in [0, 0.1) is 23.5 Å². The summed E-state index contributed by atoms with van der Waals surface area (Å²) in [6, 6.07) is 10.2. The van der Waals surface area contributed by atoms with Crippen LogP contribution >= 0.6 is 11.6 Å². The molecule has 0 amide bonds. The zero-order chi connectivity index (χ0) is 14.4. The van der Waals surface area contributed by atoms with E-state index in [2.05, 4.69) is 11.8 Å². The number of ether oxygens (including phenoxy) is 1. The van der Waals surface area contributed by atoms with Gasteiger partial charge in [0.15, 0.2) is 0 Å². The number of rotatable bonds is 3. The van der Waals surface area contributed by atoms with E-state index in [9.17, 15) is 8.78 Å². The second-order valence-corrected chi connectivity index (χ2v) is 4.30. The van der Waals surface area contributed by atoms with Crippen LogP contribution in [-0.4, -0.2) is 5.88 Å². The fourth-order valence-electron chi connectivity index (χ4n) is 1.65. The summed E-state index contributed by atoms with van der Waals surface area (Å²) in [6.07, 6.45) is 0. The summed E-state index contributed by atoms with van der Waals surface area (Å²) in [5.74, 6) is 5.10. The summed E-state index contributed by atoms with van der Waals surface area (Å²) in [7, 11) is 0. The molecule has 0 N–H and O–H groups in total. The molecule has 0 saturated carbocycles. The fraction of sp³-hybridized carbons (Fsp3) is 0.125. The van der Waals surface area contributed by atoms with Crippen LogP contribution < -0.4 is 4.74 Å². The van der Waals surface area contributed by atoms with Gasteiger partial charge in [-0.25, -0.2) is 8.78 Å². The van der Waals surface area contributed by atoms with Crippen LogP contribution in [0.25, 0.3) is 0 Å². The van der Waals surface area contributed by atoms with Gasteiger partial charge >= 0.3 is 0 Å². The van der Waals surface area contributed by atoms with Gasteiger partial charge in [-0.3, -0.25) is 0 Å². The monoisotopic (exact) mass is 292 g/mol. The summed E-state index contributed by atoms with van der Waals surface area (Å²) in [5, 5.41) is 0. The van der Waals surface area contributed by atoms with E-state index < -0.39 is 5.82 Å². The molecule has 0 spiro atoms. The lowest BCUT2D eigenvalue weighted by molar-refractivity contribution is 0.304. The highest BCUT2D eigenvalue weighted by Gasteiger charge is 2.02. The van der Waals surface area contributed by atoms with Crippen molar-refractivity contribution in [3.8, 4) is 17.6 Å². The largest absolute Gasteiger partial charge is 0.489 e. The first-order valence-corrected chi connectivity index (χ1v) is 6.43. The van der Waals surface area contributed by atoms with Gasteiger partial charge in [-0.2, -0.15) is 0 Å². The van der Waals surface area contributed by atoms with E-state index in [0.717, 1.165) is 0 Å². The number of hydrogen-bond donors (Lipinski definition) is 0. The highest BCUT2D eigenvalue weighted by molar-refractivity contribution is 6.19. The first-order valence-electron chi connectivity index (χ1n) is 5.90. The average molecular weight is 293 g/mol. The number of benzene rings is 2. The Bertz CT molecular complexity index is 659. The highest BCUT2D eigenvalue weighted by Crippen LogP contribution is 2.17. The second kappa shape index (κ2) is 6.93.